The maximum absolute atomic E-state index is 5.63. The molecule has 18 heavy (non-hydrogen) atoms. The number of hydrogen-bond acceptors (Lipinski definition) is 6. The molecule has 6 heteroatoms. The van der Waals surface area contributed by atoms with Crippen molar-refractivity contribution in [2.75, 3.05) is 11.1 Å². The maximum Gasteiger partial charge on any atom is 0.228 e. The molecule has 0 aliphatic rings. The predicted molar refractivity (Wildman–Crippen MR) is 74.6 cm³/mol. The molecule has 0 amide bonds. The van der Waals surface area contributed by atoms with E-state index in [0.717, 1.165) is 19.4 Å². The van der Waals surface area contributed by atoms with Crippen LogP contribution in [0.1, 0.15) is 29.4 Å². The largest absolute Gasteiger partial charge is 0.368 e. The Bertz CT molecular complexity index is 523. The number of aryl methyl sites for hydroxylation is 2. The number of rotatable bonds is 5. The van der Waals surface area contributed by atoms with E-state index in [1.54, 1.807) is 11.3 Å². The topological polar surface area (TPSA) is 76.7 Å². The molecule has 2 rings (SSSR count). The molecule has 0 unspecified atom stereocenters. The summed E-state index contributed by atoms with van der Waals surface area (Å²) in [5.74, 6) is 1.53. The number of nitrogen functional groups attached to an aromatic ring is 1. The van der Waals surface area contributed by atoms with Gasteiger partial charge in [-0.05, 0) is 18.6 Å². The van der Waals surface area contributed by atoms with Gasteiger partial charge in [-0.2, -0.15) is 15.0 Å². The van der Waals surface area contributed by atoms with Gasteiger partial charge in [0, 0.05) is 16.2 Å². The third-order valence-corrected chi connectivity index (χ3v) is 3.73. The highest BCUT2D eigenvalue weighted by atomic mass is 32.1. The maximum atomic E-state index is 5.63. The highest BCUT2D eigenvalue weighted by molar-refractivity contribution is 7.12. The minimum atomic E-state index is 0.268. The number of nitrogens with one attached hydrogen (secondary N) is 1. The molecule has 0 aromatic carbocycles. The van der Waals surface area contributed by atoms with Gasteiger partial charge in [0.1, 0.15) is 5.82 Å². The van der Waals surface area contributed by atoms with Crippen LogP contribution in [0.5, 0.6) is 0 Å². The fraction of sp³-hybridized carbons (Fsp3) is 0.417. The van der Waals surface area contributed by atoms with E-state index in [4.69, 9.17) is 5.73 Å². The molecule has 3 N–H and O–H groups in total. The molecular weight excluding hydrogens is 246 g/mol. The number of nitrogens with zero attached hydrogens (tertiary/aromatic N) is 3. The van der Waals surface area contributed by atoms with Crippen LogP contribution in [-0.2, 0) is 19.4 Å². The summed E-state index contributed by atoms with van der Waals surface area (Å²) in [5, 5.41) is 3.18. The summed E-state index contributed by atoms with van der Waals surface area (Å²) in [4.78, 5) is 15.1. The van der Waals surface area contributed by atoms with Crippen molar-refractivity contribution in [1.29, 1.82) is 0 Å². The van der Waals surface area contributed by atoms with E-state index in [9.17, 15) is 0 Å². The van der Waals surface area contributed by atoms with Crippen molar-refractivity contribution >= 4 is 23.2 Å². The third-order valence-electron chi connectivity index (χ3n) is 2.50. The molecular formula is C12H17N5S. The van der Waals surface area contributed by atoms with Gasteiger partial charge in [0.05, 0.1) is 6.54 Å². The Kier molecular flexibility index (Phi) is 4.09. The summed E-state index contributed by atoms with van der Waals surface area (Å²) in [5.41, 5.74) is 5.63. The number of nitrogens with two attached hydrogens (primary N) is 1. The van der Waals surface area contributed by atoms with Gasteiger partial charge in [-0.3, -0.25) is 0 Å². The minimum Gasteiger partial charge on any atom is -0.368 e. The summed E-state index contributed by atoms with van der Waals surface area (Å²) in [6.45, 7) is 4.87. The van der Waals surface area contributed by atoms with Gasteiger partial charge in [-0.15, -0.1) is 11.3 Å². The lowest BCUT2D eigenvalue weighted by atomic mass is 10.4. The zero-order chi connectivity index (χ0) is 13.0. The highest BCUT2D eigenvalue weighted by Gasteiger charge is 2.04. The number of hydrogen-bond donors (Lipinski definition) is 2. The monoisotopic (exact) mass is 263 g/mol. The summed E-state index contributed by atoms with van der Waals surface area (Å²) in [7, 11) is 0. The quantitative estimate of drug-likeness (QED) is 0.865. The molecule has 0 saturated heterocycles. The summed E-state index contributed by atoms with van der Waals surface area (Å²) in [6, 6.07) is 4.28. The van der Waals surface area contributed by atoms with E-state index >= 15 is 0 Å². The summed E-state index contributed by atoms with van der Waals surface area (Å²) < 4.78 is 0. The molecule has 0 saturated carbocycles. The van der Waals surface area contributed by atoms with Crippen molar-refractivity contribution in [1.82, 2.24) is 15.0 Å². The van der Waals surface area contributed by atoms with Gasteiger partial charge in [0.2, 0.25) is 11.9 Å². The second-order valence-electron chi connectivity index (χ2n) is 3.86. The average Bonchev–Trinajstić information content (AvgIpc) is 2.83. The molecule has 0 spiro atoms. The lowest BCUT2D eigenvalue weighted by Gasteiger charge is -2.05. The number of aromatic nitrogens is 3. The number of thiophene rings is 1. The van der Waals surface area contributed by atoms with Crippen molar-refractivity contribution in [2.45, 2.75) is 33.2 Å². The Hall–Kier alpha value is -1.69. The first-order valence-corrected chi connectivity index (χ1v) is 6.84. The van der Waals surface area contributed by atoms with Gasteiger partial charge in [0.15, 0.2) is 0 Å². The Balaban J connectivity index is 2.03. The molecule has 2 heterocycles. The molecule has 96 valence electrons. The summed E-state index contributed by atoms with van der Waals surface area (Å²) >= 11 is 1.80. The first-order chi connectivity index (χ1) is 8.71. The van der Waals surface area contributed by atoms with Crippen LogP contribution < -0.4 is 11.1 Å². The van der Waals surface area contributed by atoms with Gasteiger partial charge < -0.3 is 11.1 Å². The van der Waals surface area contributed by atoms with Gasteiger partial charge in [-0.25, -0.2) is 0 Å². The van der Waals surface area contributed by atoms with Gasteiger partial charge >= 0.3 is 0 Å². The van der Waals surface area contributed by atoms with Crippen LogP contribution in [0, 0.1) is 0 Å². The van der Waals surface area contributed by atoms with E-state index in [1.165, 1.54) is 9.75 Å². The average molecular weight is 263 g/mol. The second kappa shape index (κ2) is 5.77. The first-order valence-electron chi connectivity index (χ1n) is 6.03. The van der Waals surface area contributed by atoms with Crippen molar-refractivity contribution in [3.8, 4) is 0 Å². The van der Waals surface area contributed by atoms with Crippen LogP contribution in [0.15, 0.2) is 12.1 Å². The van der Waals surface area contributed by atoms with Gasteiger partial charge in [-0.1, -0.05) is 13.8 Å². The van der Waals surface area contributed by atoms with E-state index in [-0.39, 0.29) is 5.95 Å². The van der Waals surface area contributed by atoms with E-state index in [2.05, 4.69) is 39.3 Å². The molecule has 5 nitrogen and oxygen atoms in total. The van der Waals surface area contributed by atoms with Crippen LogP contribution in [0.3, 0.4) is 0 Å². The fourth-order valence-electron chi connectivity index (χ4n) is 1.55. The molecule has 2 aromatic heterocycles. The summed E-state index contributed by atoms with van der Waals surface area (Å²) in [6.07, 6.45) is 1.82. The highest BCUT2D eigenvalue weighted by Crippen LogP contribution is 2.17. The van der Waals surface area contributed by atoms with Crippen molar-refractivity contribution in [3.63, 3.8) is 0 Å². The van der Waals surface area contributed by atoms with Crippen molar-refractivity contribution in [3.05, 3.63) is 27.7 Å². The smallest absolute Gasteiger partial charge is 0.228 e. The second-order valence-corrected chi connectivity index (χ2v) is 5.12. The third kappa shape index (κ3) is 3.16. The first kappa shape index (κ1) is 12.8. The zero-order valence-electron chi connectivity index (χ0n) is 10.6. The lowest BCUT2D eigenvalue weighted by Crippen LogP contribution is -2.08. The SMILES string of the molecule is CCc1nc(N)nc(NCc2ccc(CC)s2)n1. The Morgan fingerprint density at radius 1 is 1.11 bits per heavy atom. The van der Waals surface area contributed by atoms with E-state index in [1.807, 2.05) is 6.92 Å². The van der Waals surface area contributed by atoms with Crippen molar-refractivity contribution < 1.29 is 0 Å². The van der Waals surface area contributed by atoms with Crippen LogP contribution in [0.25, 0.3) is 0 Å². The molecule has 0 atom stereocenters. The van der Waals surface area contributed by atoms with Crippen LogP contribution in [0.4, 0.5) is 11.9 Å². The molecule has 0 bridgehead atoms. The van der Waals surface area contributed by atoms with Crippen molar-refractivity contribution in [2.24, 2.45) is 0 Å². The molecule has 0 radical (unpaired) electrons. The van der Waals surface area contributed by atoms with E-state index in [0.29, 0.717) is 11.8 Å². The molecule has 2 aromatic rings. The van der Waals surface area contributed by atoms with E-state index < -0.39 is 0 Å². The van der Waals surface area contributed by atoms with Crippen LogP contribution in [0.2, 0.25) is 0 Å². The zero-order valence-corrected chi connectivity index (χ0v) is 11.4. The number of anilines is 2. The Labute approximate surface area is 111 Å². The normalized spacial score (nSPS) is 10.6. The van der Waals surface area contributed by atoms with Gasteiger partial charge in [0.25, 0.3) is 0 Å². The van der Waals surface area contributed by atoms with Crippen LogP contribution in [-0.4, -0.2) is 15.0 Å². The molecule has 0 fully saturated rings. The molecule has 0 aliphatic carbocycles. The minimum absolute atomic E-state index is 0.268. The Morgan fingerprint density at radius 2 is 1.89 bits per heavy atom. The standard InChI is InChI=1S/C12H17N5S/c1-3-8-5-6-9(18-8)7-14-12-16-10(4-2)15-11(13)17-12/h5-6H,3-4,7H2,1-2H3,(H3,13,14,15,16,17). The Morgan fingerprint density at radius 3 is 2.56 bits per heavy atom. The van der Waals surface area contributed by atoms with Crippen LogP contribution >= 0.6 is 11.3 Å². The fourth-order valence-corrected chi connectivity index (χ4v) is 2.45. The molecule has 0 aliphatic heterocycles. The predicted octanol–water partition coefficient (Wildman–Crippen LogP) is 2.25. The lowest BCUT2D eigenvalue weighted by molar-refractivity contribution is 0.901.